The van der Waals surface area contributed by atoms with Crippen molar-refractivity contribution in [3.63, 3.8) is 0 Å². The zero-order valence-corrected chi connectivity index (χ0v) is 28.1. The van der Waals surface area contributed by atoms with Crippen LogP contribution in [0.15, 0.2) is 54.6 Å². The number of rotatable bonds is 12. The number of aryl methyl sites for hydroxylation is 1. The van der Waals surface area contributed by atoms with Crippen molar-refractivity contribution in [2.45, 2.75) is 50.9 Å². The third-order valence-corrected chi connectivity index (χ3v) is 9.58. The molecule has 256 valence electrons. The molecule has 11 nitrogen and oxygen atoms in total. The van der Waals surface area contributed by atoms with Crippen LogP contribution in [0.1, 0.15) is 53.5 Å². The zero-order chi connectivity index (χ0) is 34.7. The molecule has 49 heavy (non-hydrogen) atoms. The number of anilines is 1. The van der Waals surface area contributed by atoms with Gasteiger partial charge in [-0.15, -0.1) is 0 Å². The highest BCUT2D eigenvalue weighted by Gasteiger charge is 2.26. The van der Waals surface area contributed by atoms with Gasteiger partial charge in [0.25, 0.3) is 5.91 Å². The summed E-state index contributed by atoms with van der Waals surface area (Å²) < 4.78 is 22.8. The average Bonchev–Trinajstić information content (AvgIpc) is 3.72. The van der Waals surface area contributed by atoms with Crippen LogP contribution in [-0.4, -0.2) is 58.9 Å². The van der Waals surface area contributed by atoms with Crippen LogP contribution < -0.4 is 26.0 Å². The number of halogens is 3. The molecule has 14 heteroatoms. The summed E-state index contributed by atoms with van der Waals surface area (Å²) in [5.74, 6) is -1.52. The smallest absolute Gasteiger partial charge is 0.317 e. The van der Waals surface area contributed by atoms with Gasteiger partial charge in [-0.1, -0.05) is 53.5 Å². The Balaban J connectivity index is 1.21. The van der Waals surface area contributed by atoms with E-state index in [1.807, 2.05) is 0 Å². The van der Waals surface area contributed by atoms with Gasteiger partial charge in [0.2, 0.25) is 5.91 Å². The quantitative estimate of drug-likeness (QED) is 0.124. The molecular weight excluding hydrogens is 674 g/mol. The Bertz CT molecular complexity index is 1920. The Hall–Kier alpha value is -4.49. The highest BCUT2D eigenvalue weighted by molar-refractivity contribution is 6.39. The topological polar surface area (TPSA) is 147 Å². The van der Waals surface area contributed by atoms with Gasteiger partial charge in [0, 0.05) is 60.4 Å². The molecular formula is C35H35Cl2FN6O5. The third-order valence-electron chi connectivity index (χ3n) is 8.76. The molecule has 1 aromatic heterocycles. The number of ether oxygens (including phenoxy) is 1. The number of hydrogen-bond acceptors (Lipinski definition) is 7. The first-order chi connectivity index (χ1) is 23.6. The molecule has 1 saturated heterocycles. The number of carbonyl (C=O) groups excluding carboxylic acids is 2. The fourth-order valence-electron chi connectivity index (χ4n) is 6.32. The lowest BCUT2D eigenvalue weighted by atomic mass is 9.97. The molecule has 3 heterocycles. The van der Waals surface area contributed by atoms with Gasteiger partial charge in [0.15, 0.2) is 5.69 Å². The number of carboxylic acids is 1. The fraction of sp³-hybridized carbons (Fsp3) is 0.314. The van der Waals surface area contributed by atoms with Gasteiger partial charge >= 0.3 is 5.97 Å². The van der Waals surface area contributed by atoms with Gasteiger partial charge < -0.3 is 25.8 Å². The normalized spacial score (nSPS) is 17.0. The second kappa shape index (κ2) is 15.0. The molecule has 1 fully saturated rings. The minimum Gasteiger partial charge on any atom is -0.496 e. The van der Waals surface area contributed by atoms with Crippen LogP contribution in [0.4, 0.5) is 10.1 Å². The van der Waals surface area contributed by atoms with Crippen LogP contribution in [0.25, 0.3) is 22.3 Å². The molecule has 4 aromatic rings. The average molecular weight is 710 g/mol. The summed E-state index contributed by atoms with van der Waals surface area (Å²) in [6.45, 7) is 1.15. The molecule has 2 amide bonds. The lowest BCUT2D eigenvalue weighted by Crippen LogP contribution is -2.35. The Morgan fingerprint density at radius 1 is 1.08 bits per heavy atom. The van der Waals surface area contributed by atoms with Crippen molar-refractivity contribution in [1.29, 1.82) is 0 Å². The number of carboxylic acid groups (broad SMARTS) is 1. The second-order valence-corrected chi connectivity index (χ2v) is 12.8. The number of aliphatic carboxylic acids is 1. The van der Waals surface area contributed by atoms with Crippen molar-refractivity contribution in [1.82, 2.24) is 25.7 Å². The minimum atomic E-state index is -0.962. The summed E-state index contributed by atoms with van der Waals surface area (Å²) >= 11 is 13.8. The van der Waals surface area contributed by atoms with Gasteiger partial charge in [-0.2, -0.15) is 5.10 Å². The standard InChI is InChI=1S/C35H35Cl2FN6O5/c1-49-30-14-19(13-25(38)24(30)17-39-16-20-10-11-31(45)41-20)21-5-2-6-22(33(21)36)23-7-3-8-27(34(23)37)42-35(48)28-15-29-26(40-18-32(46)47)9-4-12-44(29)43-28/h2-3,5-8,13-15,20,26,39-40H,4,9-12,16-18H2,1H3,(H,41,45)(H,42,48)(H,46,47)/t20-,26+/m0/s1. The summed E-state index contributed by atoms with van der Waals surface area (Å²) in [4.78, 5) is 35.9. The van der Waals surface area contributed by atoms with E-state index in [9.17, 15) is 14.4 Å². The molecule has 2 aliphatic rings. The molecule has 0 bridgehead atoms. The molecule has 0 unspecified atom stereocenters. The summed E-state index contributed by atoms with van der Waals surface area (Å²) in [6, 6.07) is 15.1. The van der Waals surface area contributed by atoms with Gasteiger partial charge in [-0.3, -0.25) is 24.4 Å². The maximum absolute atomic E-state index is 15.5. The number of amides is 2. The van der Waals surface area contributed by atoms with E-state index in [1.165, 1.54) is 13.2 Å². The van der Waals surface area contributed by atoms with E-state index in [4.69, 9.17) is 33.0 Å². The number of nitrogens with zero attached hydrogens (tertiary/aromatic N) is 2. The Morgan fingerprint density at radius 3 is 2.57 bits per heavy atom. The molecule has 2 aliphatic heterocycles. The molecule has 0 radical (unpaired) electrons. The molecule has 3 aromatic carbocycles. The predicted octanol–water partition coefficient (Wildman–Crippen LogP) is 5.80. The largest absolute Gasteiger partial charge is 0.496 e. The second-order valence-electron chi connectivity index (χ2n) is 12.0. The van der Waals surface area contributed by atoms with Crippen LogP contribution in [-0.2, 0) is 22.7 Å². The number of fused-ring (bicyclic) bond motifs is 1. The van der Waals surface area contributed by atoms with Crippen molar-refractivity contribution < 1.29 is 28.6 Å². The van der Waals surface area contributed by atoms with Crippen molar-refractivity contribution in [3.8, 4) is 28.0 Å². The van der Waals surface area contributed by atoms with Crippen LogP contribution in [0.5, 0.6) is 5.75 Å². The summed E-state index contributed by atoms with van der Waals surface area (Å²) in [5, 5.41) is 26.0. The molecule has 0 aliphatic carbocycles. The first-order valence-corrected chi connectivity index (χ1v) is 16.7. The van der Waals surface area contributed by atoms with Gasteiger partial charge in [-0.25, -0.2) is 4.39 Å². The Kier molecular flexibility index (Phi) is 10.5. The zero-order valence-electron chi connectivity index (χ0n) is 26.6. The number of aromatic nitrogens is 2. The highest BCUT2D eigenvalue weighted by Crippen LogP contribution is 2.42. The van der Waals surface area contributed by atoms with Crippen molar-refractivity contribution in [3.05, 3.63) is 87.4 Å². The van der Waals surface area contributed by atoms with E-state index in [-0.39, 0.29) is 41.8 Å². The Morgan fingerprint density at radius 2 is 1.84 bits per heavy atom. The molecule has 5 N–H and O–H groups in total. The maximum Gasteiger partial charge on any atom is 0.317 e. The highest BCUT2D eigenvalue weighted by atomic mass is 35.5. The number of nitrogens with one attached hydrogen (secondary N) is 4. The number of benzene rings is 3. The number of carbonyl (C=O) groups is 3. The van der Waals surface area contributed by atoms with Crippen LogP contribution in [0.2, 0.25) is 10.0 Å². The third kappa shape index (κ3) is 7.57. The SMILES string of the molecule is COc1cc(-c2cccc(-c3cccc(NC(=O)c4cc5n(n4)CCC[C@H]5NCC(=O)O)c3Cl)c2Cl)cc(F)c1CNC[C@@H]1CCC(=O)N1. The molecule has 0 spiro atoms. The van der Waals surface area contributed by atoms with Crippen LogP contribution >= 0.6 is 23.2 Å². The van der Waals surface area contributed by atoms with Crippen molar-refractivity contribution >= 4 is 46.7 Å². The summed E-state index contributed by atoms with van der Waals surface area (Å²) in [5.41, 5.74) is 3.84. The van der Waals surface area contributed by atoms with Gasteiger partial charge in [0.1, 0.15) is 11.6 Å². The van der Waals surface area contributed by atoms with E-state index in [0.717, 1.165) is 25.0 Å². The van der Waals surface area contributed by atoms with Gasteiger partial charge in [0.05, 0.1) is 35.1 Å². The maximum atomic E-state index is 15.5. The Labute approximate surface area is 292 Å². The number of hydrogen-bond donors (Lipinski definition) is 5. The van der Waals surface area contributed by atoms with Crippen molar-refractivity contribution in [2.75, 3.05) is 25.5 Å². The van der Waals surface area contributed by atoms with Crippen molar-refractivity contribution in [2.24, 2.45) is 0 Å². The predicted molar refractivity (Wildman–Crippen MR) is 185 cm³/mol. The van der Waals surface area contributed by atoms with Crippen LogP contribution in [0, 0.1) is 5.82 Å². The van der Waals surface area contributed by atoms with E-state index >= 15 is 4.39 Å². The lowest BCUT2D eigenvalue weighted by molar-refractivity contribution is -0.136. The van der Waals surface area contributed by atoms with E-state index in [0.29, 0.717) is 63.8 Å². The summed E-state index contributed by atoms with van der Waals surface area (Å²) in [7, 11) is 1.48. The molecule has 0 saturated carbocycles. The first-order valence-electron chi connectivity index (χ1n) is 15.9. The molecule has 6 rings (SSSR count). The minimum absolute atomic E-state index is 0.0132. The lowest BCUT2D eigenvalue weighted by Gasteiger charge is -2.23. The number of methoxy groups -OCH3 is 1. The summed E-state index contributed by atoms with van der Waals surface area (Å²) in [6.07, 6.45) is 2.76. The first kappa shape index (κ1) is 34.4. The molecule has 2 atom stereocenters. The van der Waals surface area contributed by atoms with E-state index in [1.54, 1.807) is 53.2 Å². The van der Waals surface area contributed by atoms with E-state index < -0.39 is 17.7 Å². The van der Waals surface area contributed by atoms with E-state index in [2.05, 4.69) is 26.4 Å². The fourth-order valence-corrected chi connectivity index (χ4v) is 6.93. The van der Waals surface area contributed by atoms with Gasteiger partial charge in [-0.05, 0) is 49.1 Å². The monoisotopic (exact) mass is 708 g/mol. The van der Waals surface area contributed by atoms with Crippen LogP contribution in [0.3, 0.4) is 0 Å².